The molecule has 8 heteroatoms. The predicted molar refractivity (Wildman–Crippen MR) is 79.3 cm³/mol. The van der Waals surface area contributed by atoms with Crippen LogP contribution in [0, 0.1) is 11.3 Å². The SMILES string of the molecule is CCNC(=O)CN(CC)S(=O)(=O)c1ccc(C#N)cc1Cl. The van der Waals surface area contributed by atoms with Gasteiger partial charge < -0.3 is 5.32 Å². The third-order valence-corrected chi connectivity index (χ3v) is 5.13. The van der Waals surface area contributed by atoms with Crippen LogP contribution in [0.3, 0.4) is 0 Å². The molecule has 21 heavy (non-hydrogen) atoms. The molecule has 0 radical (unpaired) electrons. The Labute approximate surface area is 129 Å². The summed E-state index contributed by atoms with van der Waals surface area (Å²) >= 11 is 5.93. The molecule has 0 bridgehead atoms. The summed E-state index contributed by atoms with van der Waals surface area (Å²) in [5, 5.41) is 11.3. The molecule has 1 amide bonds. The minimum absolute atomic E-state index is 0.0385. The van der Waals surface area contributed by atoms with Crippen molar-refractivity contribution in [2.24, 2.45) is 0 Å². The topological polar surface area (TPSA) is 90.3 Å². The third-order valence-electron chi connectivity index (χ3n) is 2.73. The first-order chi connectivity index (χ1) is 9.86. The van der Waals surface area contributed by atoms with Gasteiger partial charge in [0, 0.05) is 13.1 Å². The predicted octanol–water partition coefficient (Wildman–Crippen LogP) is 1.36. The molecular weight excluding hydrogens is 314 g/mol. The van der Waals surface area contributed by atoms with Crippen LogP contribution in [0.5, 0.6) is 0 Å². The number of nitrogens with zero attached hydrogens (tertiary/aromatic N) is 2. The molecule has 0 fully saturated rings. The van der Waals surface area contributed by atoms with Crippen LogP contribution in [-0.2, 0) is 14.8 Å². The molecule has 0 aromatic heterocycles. The Balaban J connectivity index is 3.13. The minimum Gasteiger partial charge on any atom is -0.355 e. The molecule has 114 valence electrons. The second-order valence-electron chi connectivity index (χ2n) is 4.14. The lowest BCUT2D eigenvalue weighted by Gasteiger charge is -2.20. The number of nitrogens with one attached hydrogen (secondary N) is 1. The maximum Gasteiger partial charge on any atom is 0.245 e. The zero-order valence-corrected chi connectivity index (χ0v) is 13.3. The summed E-state index contributed by atoms with van der Waals surface area (Å²) in [6, 6.07) is 5.82. The van der Waals surface area contributed by atoms with E-state index in [1.165, 1.54) is 18.2 Å². The number of carbonyl (C=O) groups excluding carboxylic acids is 1. The van der Waals surface area contributed by atoms with Gasteiger partial charge >= 0.3 is 0 Å². The van der Waals surface area contributed by atoms with Crippen LogP contribution in [0.15, 0.2) is 23.1 Å². The molecule has 0 aliphatic carbocycles. The van der Waals surface area contributed by atoms with Crippen molar-refractivity contribution in [3.63, 3.8) is 0 Å². The van der Waals surface area contributed by atoms with Gasteiger partial charge in [-0.25, -0.2) is 8.42 Å². The number of likely N-dealkylation sites (N-methyl/N-ethyl adjacent to an activating group) is 2. The van der Waals surface area contributed by atoms with Crippen LogP contribution in [0.1, 0.15) is 19.4 Å². The second kappa shape index (κ2) is 7.41. The highest BCUT2D eigenvalue weighted by atomic mass is 35.5. The van der Waals surface area contributed by atoms with E-state index in [-0.39, 0.29) is 34.5 Å². The normalized spacial score (nSPS) is 11.2. The van der Waals surface area contributed by atoms with E-state index in [2.05, 4.69) is 5.32 Å². The van der Waals surface area contributed by atoms with Crippen LogP contribution in [0.2, 0.25) is 5.02 Å². The summed E-state index contributed by atoms with van der Waals surface area (Å²) < 4.78 is 26.0. The average Bonchev–Trinajstić information content (AvgIpc) is 2.44. The van der Waals surface area contributed by atoms with Gasteiger partial charge in [-0.2, -0.15) is 9.57 Å². The van der Waals surface area contributed by atoms with Crippen LogP contribution in [0.4, 0.5) is 0 Å². The maximum atomic E-state index is 12.5. The number of hydrogen-bond acceptors (Lipinski definition) is 4. The first-order valence-corrected chi connectivity index (χ1v) is 8.15. The van der Waals surface area contributed by atoms with Crippen molar-refractivity contribution in [2.75, 3.05) is 19.6 Å². The lowest BCUT2D eigenvalue weighted by molar-refractivity contribution is -0.121. The fourth-order valence-corrected chi connectivity index (χ4v) is 3.62. The van der Waals surface area contributed by atoms with Crippen molar-refractivity contribution >= 4 is 27.5 Å². The fraction of sp³-hybridized carbons (Fsp3) is 0.385. The van der Waals surface area contributed by atoms with E-state index < -0.39 is 10.0 Å². The Morgan fingerprint density at radius 2 is 2.10 bits per heavy atom. The highest BCUT2D eigenvalue weighted by Crippen LogP contribution is 2.25. The molecule has 1 aromatic rings. The zero-order valence-electron chi connectivity index (χ0n) is 11.8. The zero-order chi connectivity index (χ0) is 16.0. The summed E-state index contributed by atoms with van der Waals surface area (Å²) in [6.07, 6.45) is 0. The molecule has 0 saturated heterocycles. The van der Waals surface area contributed by atoms with Crippen LogP contribution in [-0.4, -0.2) is 38.3 Å². The molecule has 1 rings (SSSR count). The smallest absolute Gasteiger partial charge is 0.245 e. The lowest BCUT2D eigenvalue weighted by atomic mass is 10.2. The Morgan fingerprint density at radius 1 is 1.43 bits per heavy atom. The standard InChI is InChI=1S/C13H16ClN3O3S/c1-3-16-13(18)9-17(4-2)21(19,20)12-6-5-10(8-15)7-11(12)14/h5-7H,3-4,9H2,1-2H3,(H,16,18). The number of nitriles is 1. The largest absolute Gasteiger partial charge is 0.355 e. The maximum absolute atomic E-state index is 12.5. The molecule has 0 unspecified atom stereocenters. The number of carbonyl (C=O) groups is 1. The first-order valence-electron chi connectivity index (χ1n) is 6.33. The Kier molecular flexibility index (Phi) is 6.15. The van der Waals surface area contributed by atoms with Gasteiger partial charge in [0.15, 0.2) is 0 Å². The Morgan fingerprint density at radius 3 is 2.57 bits per heavy atom. The van der Waals surface area contributed by atoms with Gasteiger partial charge in [0.1, 0.15) is 4.90 Å². The van der Waals surface area contributed by atoms with Gasteiger partial charge in [0.25, 0.3) is 0 Å². The molecular formula is C13H16ClN3O3S. The number of hydrogen-bond donors (Lipinski definition) is 1. The second-order valence-corrected chi connectivity index (χ2v) is 6.46. The van der Waals surface area contributed by atoms with E-state index in [0.717, 1.165) is 4.31 Å². The number of sulfonamides is 1. The van der Waals surface area contributed by atoms with Gasteiger partial charge in [-0.3, -0.25) is 4.79 Å². The molecule has 1 N–H and O–H groups in total. The average molecular weight is 330 g/mol. The van der Waals surface area contributed by atoms with E-state index in [0.29, 0.717) is 6.54 Å². The van der Waals surface area contributed by atoms with Crippen LogP contribution >= 0.6 is 11.6 Å². The van der Waals surface area contributed by atoms with E-state index in [1.54, 1.807) is 13.8 Å². The minimum atomic E-state index is -3.89. The van der Waals surface area contributed by atoms with Crippen molar-refractivity contribution in [1.82, 2.24) is 9.62 Å². The van der Waals surface area contributed by atoms with Crippen LogP contribution in [0.25, 0.3) is 0 Å². The first kappa shape index (κ1) is 17.4. The monoisotopic (exact) mass is 329 g/mol. The van der Waals surface area contributed by atoms with E-state index in [1.807, 2.05) is 6.07 Å². The van der Waals surface area contributed by atoms with E-state index >= 15 is 0 Å². The van der Waals surface area contributed by atoms with Crippen molar-refractivity contribution in [3.8, 4) is 6.07 Å². The Bertz CT molecular complexity index is 668. The highest BCUT2D eigenvalue weighted by Gasteiger charge is 2.27. The van der Waals surface area contributed by atoms with Gasteiger partial charge in [-0.05, 0) is 25.1 Å². The van der Waals surface area contributed by atoms with Gasteiger partial charge in [-0.15, -0.1) is 0 Å². The quantitative estimate of drug-likeness (QED) is 0.853. The summed E-state index contributed by atoms with van der Waals surface area (Å²) in [5.74, 6) is -0.382. The van der Waals surface area contributed by atoms with Gasteiger partial charge in [0.05, 0.1) is 23.2 Å². The Hall–Kier alpha value is -1.62. The van der Waals surface area contributed by atoms with E-state index in [4.69, 9.17) is 16.9 Å². The molecule has 6 nitrogen and oxygen atoms in total. The van der Waals surface area contributed by atoms with Crippen molar-refractivity contribution in [3.05, 3.63) is 28.8 Å². The molecule has 0 aliphatic heterocycles. The highest BCUT2D eigenvalue weighted by molar-refractivity contribution is 7.89. The van der Waals surface area contributed by atoms with Crippen LogP contribution < -0.4 is 5.32 Å². The molecule has 0 saturated carbocycles. The number of amides is 1. The van der Waals surface area contributed by atoms with Gasteiger partial charge in [-0.1, -0.05) is 18.5 Å². The number of benzene rings is 1. The molecule has 1 aromatic carbocycles. The van der Waals surface area contributed by atoms with Crippen molar-refractivity contribution in [1.29, 1.82) is 5.26 Å². The third kappa shape index (κ3) is 4.17. The summed E-state index contributed by atoms with van der Waals surface area (Å²) in [7, 11) is -3.89. The molecule has 0 spiro atoms. The van der Waals surface area contributed by atoms with Crippen molar-refractivity contribution < 1.29 is 13.2 Å². The summed E-state index contributed by atoms with van der Waals surface area (Å²) in [5.41, 5.74) is 0.269. The summed E-state index contributed by atoms with van der Waals surface area (Å²) in [4.78, 5) is 11.5. The molecule has 0 atom stereocenters. The number of rotatable bonds is 6. The molecule has 0 aliphatic rings. The molecule has 0 heterocycles. The lowest BCUT2D eigenvalue weighted by Crippen LogP contribution is -2.40. The van der Waals surface area contributed by atoms with Crippen molar-refractivity contribution in [2.45, 2.75) is 18.7 Å². The summed E-state index contributed by atoms with van der Waals surface area (Å²) in [6.45, 7) is 3.67. The number of halogens is 1. The van der Waals surface area contributed by atoms with E-state index in [9.17, 15) is 13.2 Å². The fourth-order valence-electron chi connectivity index (χ4n) is 1.70. The van der Waals surface area contributed by atoms with Gasteiger partial charge in [0.2, 0.25) is 15.9 Å².